The molecule has 32 heavy (non-hydrogen) atoms. The van der Waals surface area contributed by atoms with Crippen LogP contribution in [0.2, 0.25) is 0 Å². The fourth-order valence-corrected chi connectivity index (χ4v) is 4.03. The van der Waals surface area contributed by atoms with Gasteiger partial charge < -0.3 is 20.3 Å². The number of thiazole rings is 1. The Balaban J connectivity index is 0.00000512. The molecule has 2 atom stereocenters. The van der Waals surface area contributed by atoms with Gasteiger partial charge in [0.05, 0.1) is 24.9 Å². The van der Waals surface area contributed by atoms with E-state index in [1.165, 1.54) is 16.9 Å². The molecule has 1 aromatic carbocycles. The maximum Gasteiger partial charge on any atom is 0.350 e. The molecule has 0 amide bonds. The molecule has 2 unspecified atom stereocenters. The van der Waals surface area contributed by atoms with E-state index in [0.717, 1.165) is 23.9 Å². The van der Waals surface area contributed by atoms with Crippen LogP contribution in [0.25, 0.3) is 0 Å². The molecule has 1 heterocycles. The molecule has 0 bridgehead atoms. The highest BCUT2D eigenvalue weighted by molar-refractivity contribution is 14.0. The molecule has 0 spiro atoms. The van der Waals surface area contributed by atoms with Gasteiger partial charge in [-0.2, -0.15) is 0 Å². The van der Waals surface area contributed by atoms with Gasteiger partial charge in [-0.1, -0.05) is 30.3 Å². The van der Waals surface area contributed by atoms with E-state index in [0.29, 0.717) is 23.7 Å². The van der Waals surface area contributed by atoms with Crippen molar-refractivity contribution in [2.45, 2.75) is 46.2 Å². The summed E-state index contributed by atoms with van der Waals surface area (Å²) < 4.78 is 5.13. The van der Waals surface area contributed by atoms with Crippen LogP contribution in [0.15, 0.2) is 35.3 Å². The predicted octanol–water partition coefficient (Wildman–Crippen LogP) is 4.04. The maximum absolute atomic E-state index is 12.1. The second-order valence-electron chi connectivity index (χ2n) is 7.58. The number of guanidine groups is 1. The molecule has 2 rings (SSSR count). The average molecular weight is 574 g/mol. The molecule has 0 fully saturated rings. The summed E-state index contributed by atoms with van der Waals surface area (Å²) in [6.45, 7) is 9.48. The number of benzene rings is 1. The number of aliphatic imine (C=N–C) groups is 1. The van der Waals surface area contributed by atoms with E-state index in [9.17, 15) is 4.79 Å². The molecule has 2 aromatic rings. The van der Waals surface area contributed by atoms with Crippen molar-refractivity contribution in [2.75, 3.05) is 33.8 Å². The number of nitrogens with one attached hydrogen (secondary N) is 2. The molecule has 0 aliphatic carbocycles. The van der Waals surface area contributed by atoms with Gasteiger partial charge in [0.1, 0.15) is 9.88 Å². The lowest BCUT2D eigenvalue weighted by atomic mass is 10.1. The minimum atomic E-state index is -0.314. The van der Waals surface area contributed by atoms with Gasteiger partial charge in [-0.25, -0.2) is 9.78 Å². The molecule has 2 N–H and O–H groups in total. The van der Waals surface area contributed by atoms with Crippen LogP contribution in [-0.4, -0.2) is 61.6 Å². The van der Waals surface area contributed by atoms with E-state index in [-0.39, 0.29) is 42.0 Å². The Morgan fingerprint density at radius 2 is 1.94 bits per heavy atom. The molecule has 0 saturated heterocycles. The van der Waals surface area contributed by atoms with Crippen LogP contribution in [0.4, 0.5) is 0 Å². The van der Waals surface area contributed by atoms with E-state index < -0.39 is 0 Å². The lowest BCUT2D eigenvalue weighted by Crippen LogP contribution is -2.40. The fourth-order valence-electron chi connectivity index (χ4n) is 3.07. The molecular weight excluding hydrogens is 537 g/mol. The number of likely N-dealkylation sites (N-methyl/N-ethyl adjacent to an activating group) is 1. The van der Waals surface area contributed by atoms with Crippen molar-refractivity contribution in [2.24, 2.45) is 4.99 Å². The largest absolute Gasteiger partial charge is 0.462 e. The highest BCUT2D eigenvalue weighted by Gasteiger charge is 2.20. The van der Waals surface area contributed by atoms with Crippen LogP contribution < -0.4 is 10.6 Å². The van der Waals surface area contributed by atoms with Crippen molar-refractivity contribution in [3.8, 4) is 0 Å². The van der Waals surface area contributed by atoms with E-state index in [2.05, 4.69) is 58.9 Å². The number of rotatable bonds is 10. The number of esters is 1. The van der Waals surface area contributed by atoms with Crippen LogP contribution in [-0.2, 0) is 11.2 Å². The van der Waals surface area contributed by atoms with Gasteiger partial charge in [0.2, 0.25) is 0 Å². The maximum atomic E-state index is 12.1. The Labute approximate surface area is 213 Å². The number of aryl methyl sites for hydroxylation is 1. The zero-order valence-electron chi connectivity index (χ0n) is 19.8. The molecule has 0 radical (unpaired) electrons. The lowest BCUT2D eigenvalue weighted by Gasteiger charge is -2.24. The molecular formula is C23H36IN5O2S. The molecule has 0 aliphatic rings. The Morgan fingerprint density at radius 3 is 2.53 bits per heavy atom. The molecule has 0 saturated carbocycles. The number of hydrogen-bond donors (Lipinski definition) is 2. The quantitative estimate of drug-likeness (QED) is 0.194. The van der Waals surface area contributed by atoms with Crippen LogP contribution in [0.5, 0.6) is 0 Å². The predicted molar refractivity (Wildman–Crippen MR) is 143 cm³/mol. The first-order valence-corrected chi connectivity index (χ1v) is 11.6. The average Bonchev–Trinajstić information content (AvgIpc) is 3.13. The number of nitrogens with zero attached hydrogens (tertiary/aromatic N) is 3. The Morgan fingerprint density at radius 1 is 1.25 bits per heavy atom. The molecule has 178 valence electrons. The molecule has 7 nitrogen and oxygen atoms in total. The summed E-state index contributed by atoms with van der Waals surface area (Å²) in [5.41, 5.74) is 2.00. The minimum Gasteiger partial charge on any atom is -0.462 e. The third-order valence-electron chi connectivity index (χ3n) is 4.85. The van der Waals surface area contributed by atoms with E-state index in [4.69, 9.17) is 9.73 Å². The van der Waals surface area contributed by atoms with Crippen molar-refractivity contribution >= 4 is 47.2 Å². The van der Waals surface area contributed by atoms with E-state index in [1.54, 1.807) is 6.92 Å². The summed E-state index contributed by atoms with van der Waals surface area (Å²) in [4.78, 5) is 24.3. The SMILES string of the molecule is CCNC(=NCC(Cc1ccccc1)N(C)C)NC(C)c1nc(C)c(C(=O)OCC)s1.I. The standard InChI is InChI=1S/C23H35N5O2S.HI/c1-7-24-23(25-15-19(28(5)6)14-18-12-10-9-11-13-18)27-17(4)21-26-16(3)20(31-21)22(29)30-8-2;/h9-13,17,19H,7-8,14-15H2,1-6H3,(H2,24,25,27);1H. The summed E-state index contributed by atoms with van der Waals surface area (Å²) in [6.07, 6.45) is 0.931. The second-order valence-corrected chi connectivity index (χ2v) is 8.61. The Kier molecular flexibility index (Phi) is 12.8. The third kappa shape index (κ3) is 8.67. The number of hydrogen-bond acceptors (Lipinski definition) is 6. The summed E-state index contributed by atoms with van der Waals surface area (Å²) in [5.74, 6) is 0.423. The van der Waals surface area contributed by atoms with Crippen LogP contribution in [0.1, 0.15) is 52.7 Å². The van der Waals surface area contributed by atoms with Gasteiger partial charge >= 0.3 is 5.97 Å². The van der Waals surface area contributed by atoms with Gasteiger partial charge in [-0.3, -0.25) is 4.99 Å². The zero-order valence-corrected chi connectivity index (χ0v) is 23.0. The monoisotopic (exact) mass is 573 g/mol. The van der Waals surface area contributed by atoms with Crippen molar-refractivity contribution < 1.29 is 9.53 Å². The van der Waals surface area contributed by atoms with Gasteiger partial charge in [0, 0.05) is 12.6 Å². The minimum absolute atomic E-state index is 0. The first-order valence-electron chi connectivity index (χ1n) is 10.7. The zero-order chi connectivity index (χ0) is 22.8. The van der Waals surface area contributed by atoms with Crippen LogP contribution >= 0.6 is 35.3 Å². The summed E-state index contributed by atoms with van der Waals surface area (Å²) in [7, 11) is 4.17. The summed E-state index contributed by atoms with van der Waals surface area (Å²) >= 11 is 1.37. The number of carbonyl (C=O) groups excluding carboxylic acids is 1. The Bertz CT molecular complexity index is 857. The highest BCUT2D eigenvalue weighted by Crippen LogP contribution is 2.24. The molecule has 9 heteroatoms. The van der Waals surface area contributed by atoms with Gasteiger partial charge in [0.25, 0.3) is 0 Å². The van der Waals surface area contributed by atoms with Crippen molar-refractivity contribution in [3.63, 3.8) is 0 Å². The second kappa shape index (κ2) is 14.4. The smallest absolute Gasteiger partial charge is 0.350 e. The van der Waals surface area contributed by atoms with Gasteiger partial charge in [-0.05, 0) is 53.8 Å². The van der Waals surface area contributed by atoms with Crippen molar-refractivity contribution in [1.82, 2.24) is 20.5 Å². The van der Waals surface area contributed by atoms with Gasteiger partial charge in [-0.15, -0.1) is 35.3 Å². The third-order valence-corrected chi connectivity index (χ3v) is 6.17. The van der Waals surface area contributed by atoms with Crippen molar-refractivity contribution in [3.05, 3.63) is 51.5 Å². The van der Waals surface area contributed by atoms with E-state index >= 15 is 0 Å². The topological polar surface area (TPSA) is 78.9 Å². The fraction of sp³-hybridized carbons (Fsp3) is 0.522. The van der Waals surface area contributed by atoms with Crippen molar-refractivity contribution in [1.29, 1.82) is 0 Å². The van der Waals surface area contributed by atoms with Gasteiger partial charge in [0.15, 0.2) is 5.96 Å². The number of ether oxygens (including phenoxy) is 1. The number of aromatic nitrogens is 1. The first-order chi connectivity index (χ1) is 14.8. The molecule has 0 aliphatic heterocycles. The summed E-state index contributed by atoms with van der Waals surface area (Å²) in [5, 5.41) is 7.56. The number of halogens is 1. The van der Waals surface area contributed by atoms with E-state index in [1.807, 2.05) is 26.8 Å². The lowest BCUT2D eigenvalue weighted by molar-refractivity contribution is 0.0531. The number of carbonyl (C=O) groups is 1. The summed E-state index contributed by atoms with van der Waals surface area (Å²) in [6, 6.07) is 10.7. The highest BCUT2D eigenvalue weighted by atomic mass is 127. The normalized spacial score (nSPS) is 13.3. The molecule has 1 aromatic heterocycles. The van der Waals surface area contributed by atoms with Crippen LogP contribution in [0.3, 0.4) is 0 Å². The van der Waals surface area contributed by atoms with Crippen LogP contribution in [0, 0.1) is 6.92 Å². The Hall–Kier alpha value is -1.72. The first kappa shape index (κ1) is 28.3.